The van der Waals surface area contributed by atoms with E-state index < -0.39 is 11.7 Å². The Morgan fingerprint density at radius 2 is 1.89 bits per heavy atom. The topological polar surface area (TPSA) is 183 Å². The van der Waals surface area contributed by atoms with E-state index in [9.17, 15) is 4.79 Å². The van der Waals surface area contributed by atoms with Crippen molar-refractivity contribution < 1.29 is 9.47 Å². The molecule has 0 fully saturated rings. The van der Waals surface area contributed by atoms with Crippen LogP contribution in [0.1, 0.15) is 29.9 Å². The number of H-pyrrole nitrogens is 1. The number of benzene rings is 2. The second-order valence-electron chi connectivity index (χ2n) is 7.29. The van der Waals surface area contributed by atoms with Crippen LogP contribution in [0, 0.1) is 5.41 Å². The van der Waals surface area contributed by atoms with Crippen LogP contribution in [0.5, 0.6) is 11.5 Å². The minimum atomic E-state index is -0.595. The van der Waals surface area contributed by atoms with Crippen LogP contribution in [0.3, 0.4) is 0 Å². The number of aromatic amines is 1. The number of amidine groups is 1. The van der Waals surface area contributed by atoms with Crippen LogP contribution >= 0.6 is 0 Å². The van der Waals surface area contributed by atoms with E-state index >= 15 is 0 Å². The van der Waals surface area contributed by atoms with E-state index in [0.29, 0.717) is 35.2 Å². The molecule has 0 aliphatic carbocycles. The average molecular weight is 476 g/mol. The van der Waals surface area contributed by atoms with Crippen molar-refractivity contribution in [2.45, 2.75) is 13.0 Å². The fraction of sp³-hybridized carbons (Fsp3) is 0.174. The standard InChI is InChI=1S/C23H25N9O3/c1-2-34-18-12-15(6-9-17(18)35-13-24)19(29-16-7-4-14(5-8-16)20(25)26)21-30-23(33)32(31-21)22-27-10-3-11-28-22/h3-12,19,29H,2,13,24H2,1H3,(H3,25,26)(H,30,31,33). The summed E-state index contributed by atoms with van der Waals surface area (Å²) in [5, 5.41) is 15.4. The number of rotatable bonds is 10. The van der Waals surface area contributed by atoms with Gasteiger partial charge in [-0.25, -0.2) is 14.8 Å². The molecule has 4 rings (SSSR count). The van der Waals surface area contributed by atoms with Crippen LogP contribution < -0.4 is 31.9 Å². The maximum atomic E-state index is 12.7. The van der Waals surface area contributed by atoms with Crippen molar-refractivity contribution in [3.8, 4) is 17.4 Å². The zero-order chi connectivity index (χ0) is 24.8. The highest BCUT2D eigenvalue weighted by Gasteiger charge is 2.22. The van der Waals surface area contributed by atoms with Crippen LogP contribution in [-0.2, 0) is 0 Å². The summed E-state index contributed by atoms with van der Waals surface area (Å²) in [6, 6.07) is 13.5. The first-order valence-electron chi connectivity index (χ1n) is 10.8. The van der Waals surface area contributed by atoms with Crippen LogP contribution in [0.15, 0.2) is 65.7 Å². The van der Waals surface area contributed by atoms with Crippen molar-refractivity contribution in [3.05, 3.63) is 88.4 Å². The van der Waals surface area contributed by atoms with E-state index in [-0.39, 0.29) is 18.5 Å². The van der Waals surface area contributed by atoms with Gasteiger partial charge in [-0.1, -0.05) is 6.07 Å². The predicted molar refractivity (Wildman–Crippen MR) is 130 cm³/mol. The van der Waals surface area contributed by atoms with Gasteiger partial charge in [0.2, 0.25) is 0 Å². The predicted octanol–water partition coefficient (Wildman–Crippen LogP) is 1.53. The van der Waals surface area contributed by atoms with Gasteiger partial charge in [-0.2, -0.15) is 0 Å². The van der Waals surface area contributed by atoms with E-state index in [1.165, 1.54) is 12.4 Å². The fourth-order valence-electron chi connectivity index (χ4n) is 3.41. The highest BCUT2D eigenvalue weighted by Crippen LogP contribution is 2.33. The minimum absolute atomic E-state index is 0.00159. The summed E-state index contributed by atoms with van der Waals surface area (Å²) in [6.07, 6.45) is 3.06. The van der Waals surface area contributed by atoms with Crippen molar-refractivity contribution in [1.29, 1.82) is 5.41 Å². The third-order valence-corrected chi connectivity index (χ3v) is 5.00. The molecule has 0 aliphatic rings. The molecule has 4 aromatic rings. The zero-order valence-corrected chi connectivity index (χ0v) is 18.9. The molecule has 12 heteroatoms. The Labute approximate surface area is 200 Å². The van der Waals surface area contributed by atoms with E-state index in [1.807, 2.05) is 13.0 Å². The molecular weight excluding hydrogens is 450 g/mol. The Hall–Kier alpha value is -4.71. The molecule has 0 spiro atoms. The molecule has 180 valence electrons. The number of ether oxygens (including phenoxy) is 2. The molecule has 0 radical (unpaired) electrons. The Bertz CT molecular complexity index is 1350. The highest BCUT2D eigenvalue weighted by molar-refractivity contribution is 5.95. The third-order valence-electron chi connectivity index (χ3n) is 5.00. The quantitative estimate of drug-likeness (QED) is 0.129. The normalized spacial score (nSPS) is 11.6. The van der Waals surface area contributed by atoms with E-state index in [1.54, 1.807) is 42.5 Å². The summed E-state index contributed by atoms with van der Waals surface area (Å²) < 4.78 is 12.3. The van der Waals surface area contributed by atoms with E-state index in [4.69, 9.17) is 26.4 Å². The van der Waals surface area contributed by atoms with E-state index in [0.717, 1.165) is 10.2 Å². The number of nitrogens with one attached hydrogen (secondary N) is 3. The van der Waals surface area contributed by atoms with Crippen LogP contribution in [-0.4, -0.2) is 43.9 Å². The van der Waals surface area contributed by atoms with Crippen molar-refractivity contribution in [2.75, 3.05) is 18.7 Å². The lowest BCUT2D eigenvalue weighted by atomic mass is 10.0. The van der Waals surface area contributed by atoms with Crippen molar-refractivity contribution in [3.63, 3.8) is 0 Å². The molecule has 12 nitrogen and oxygen atoms in total. The SMILES string of the molecule is CCOc1cc(C(Nc2ccc(C(=N)N)cc2)c2nn(-c3ncccn3)c(=O)[nH]2)ccc1OCN. The van der Waals surface area contributed by atoms with Gasteiger partial charge < -0.3 is 20.5 Å². The number of nitrogens with zero attached hydrogens (tertiary/aromatic N) is 4. The zero-order valence-electron chi connectivity index (χ0n) is 18.9. The van der Waals surface area contributed by atoms with Crippen LogP contribution in [0.4, 0.5) is 5.69 Å². The first-order chi connectivity index (χ1) is 17.0. The Morgan fingerprint density at radius 1 is 1.14 bits per heavy atom. The molecular formula is C23H25N9O3. The van der Waals surface area contributed by atoms with Crippen molar-refractivity contribution >= 4 is 11.5 Å². The monoisotopic (exact) mass is 475 g/mol. The van der Waals surface area contributed by atoms with Crippen molar-refractivity contribution in [2.24, 2.45) is 11.5 Å². The van der Waals surface area contributed by atoms with Gasteiger partial charge in [-0.15, -0.1) is 9.78 Å². The van der Waals surface area contributed by atoms with Gasteiger partial charge in [0, 0.05) is 23.6 Å². The van der Waals surface area contributed by atoms with Gasteiger partial charge in [-0.05, 0) is 55.0 Å². The van der Waals surface area contributed by atoms with Crippen LogP contribution in [0.25, 0.3) is 5.95 Å². The van der Waals surface area contributed by atoms with Crippen LogP contribution in [0.2, 0.25) is 0 Å². The number of anilines is 1. The highest BCUT2D eigenvalue weighted by atomic mass is 16.5. The number of nitrogens with two attached hydrogens (primary N) is 2. The molecule has 0 amide bonds. The van der Waals surface area contributed by atoms with Gasteiger partial charge in [0.05, 0.1) is 6.61 Å². The second kappa shape index (κ2) is 10.5. The summed E-state index contributed by atoms with van der Waals surface area (Å²) in [7, 11) is 0. The summed E-state index contributed by atoms with van der Waals surface area (Å²) in [5.74, 6) is 1.44. The lowest BCUT2D eigenvalue weighted by molar-refractivity contribution is 0.282. The van der Waals surface area contributed by atoms with Gasteiger partial charge in [-0.3, -0.25) is 16.1 Å². The minimum Gasteiger partial charge on any atom is -0.490 e. The molecule has 0 saturated heterocycles. The maximum Gasteiger partial charge on any atom is 0.350 e. The first-order valence-corrected chi connectivity index (χ1v) is 10.8. The largest absolute Gasteiger partial charge is 0.490 e. The summed E-state index contributed by atoms with van der Waals surface area (Å²) >= 11 is 0. The summed E-state index contributed by atoms with van der Waals surface area (Å²) in [5.41, 5.74) is 12.7. The van der Waals surface area contributed by atoms with Gasteiger partial charge in [0.25, 0.3) is 5.95 Å². The van der Waals surface area contributed by atoms with E-state index in [2.05, 4.69) is 25.4 Å². The maximum absolute atomic E-state index is 12.7. The molecule has 35 heavy (non-hydrogen) atoms. The number of aromatic nitrogens is 5. The van der Waals surface area contributed by atoms with Gasteiger partial charge in [0.15, 0.2) is 17.3 Å². The second-order valence-corrected chi connectivity index (χ2v) is 7.29. The molecule has 1 atom stereocenters. The molecule has 0 bridgehead atoms. The van der Waals surface area contributed by atoms with Gasteiger partial charge in [0.1, 0.15) is 18.6 Å². The Balaban J connectivity index is 1.78. The molecule has 0 aliphatic heterocycles. The van der Waals surface area contributed by atoms with Gasteiger partial charge >= 0.3 is 5.69 Å². The summed E-state index contributed by atoms with van der Waals surface area (Å²) in [4.78, 5) is 23.7. The average Bonchev–Trinajstić information content (AvgIpc) is 3.26. The first kappa shape index (κ1) is 23.4. The molecule has 2 aromatic carbocycles. The molecule has 7 N–H and O–H groups in total. The smallest absolute Gasteiger partial charge is 0.350 e. The Morgan fingerprint density at radius 3 is 2.54 bits per heavy atom. The summed E-state index contributed by atoms with van der Waals surface area (Å²) in [6.45, 7) is 2.29. The van der Waals surface area contributed by atoms with Crippen molar-refractivity contribution in [1.82, 2.24) is 24.7 Å². The Kier molecular flexibility index (Phi) is 7.02. The number of nitrogen functional groups attached to an aromatic ring is 1. The molecule has 1 unspecified atom stereocenters. The third kappa shape index (κ3) is 5.28. The number of hydrogen-bond donors (Lipinski definition) is 5. The molecule has 2 aromatic heterocycles. The lowest BCUT2D eigenvalue weighted by Crippen LogP contribution is -2.18. The fourth-order valence-corrected chi connectivity index (χ4v) is 3.41. The molecule has 2 heterocycles. The lowest BCUT2D eigenvalue weighted by Gasteiger charge is -2.20. The number of hydrogen-bond acceptors (Lipinski definition) is 9. The molecule has 0 saturated carbocycles.